The van der Waals surface area contributed by atoms with Crippen LogP contribution in [0.2, 0.25) is 0 Å². The Kier molecular flexibility index (Phi) is 6.27. The number of hydrogen-bond acceptors (Lipinski definition) is 5. The summed E-state index contributed by atoms with van der Waals surface area (Å²) < 4.78 is 6.71. The van der Waals surface area contributed by atoms with Crippen molar-refractivity contribution in [1.82, 2.24) is 4.98 Å². The monoisotopic (exact) mass is 336 g/mol. The van der Waals surface area contributed by atoms with Gasteiger partial charge in [-0.05, 0) is 43.9 Å². The second kappa shape index (κ2) is 8.19. The van der Waals surface area contributed by atoms with Gasteiger partial charge in [-0.3, -0.25) is 10.1 Å². The molecular formula is C16H20N2O2S2. The minimum absolute atomic E-state index is 0.151. The number of nitrogens with zero attached hydrogens (tertiary/aromatic N) is 1. The molecule has 1 amide bonds. The Labute approximate surface area is 139 Å². The Morgan fingerprint density at radius 2 is 2.09 bits per heavy atom. The van der Waals surface area contributed by atoms with E-state index < -0.39 is 0 Å². The maximum Gasteiger partial charge on any atom is 0.257 e. The fourth-order valence-electron chi connectivity index (χ4n) is 1.83. The molecule has 1 aromatic heterocycles. The number of carbonyl (C=O) groups excluding carboxylic acids is 1. The molecule has 0 aliphatic rings. The molecule has 1 heterocycles. The Bertz CT molecular complexity index is 624. The van der Waals surface area contributed by atoms with Crippen LogP contribution >= 0.6 is 23.1 Å². The van der Waals surface area contributed by atoms with Crippen LogP contribution in [0.4, 0.5) is 5.13 Å². The standard InChI is InChI=1S/C16H20N2O2S2/c1-4-5-10-20-13-8-6-12(7-9-13)14(19)18-16-17-11(2)15(21-3)22-16/h6-9H,4-5,10H2,1-3H3,(H,17,18,19). The van der Waals surface area contributed by atoms with Gasteiger partial charge in [-0.2, -0.15) is 0 Å². The summed E-state index contributed by atoms with van der Waals surface area (Å²) in [6, 6.07) is 7.19. The number of anilines is 1. The summed E-state index contributed by atoms with van der Waals surface area (Å²) in [4.78, 5) is 16.6. The quantitative estimate of drug-likeness (QED) is 0.593. The predicted molar refractivity (Wildman–Crippen MR) is 93.4 cm³/mol. The van der Waals surface area contributed by atoms with Crippen molar-refractivity contribution in [2.45, 2.75) is 30.9 Å². The zero-order chi connectivity index (χ0) is 15.9. The first kappa shape index (κ1) is 16.8. The highest BCUT2D eigenvalue weighted by Crippen LogP contribution is 2.30. The van der Waals surface area contributed by atoms with E-state index in [9.17, 15) is 4.79 Å². The van der Waals surface area contributed by atoms with E-state index in [0.717, 1.165) is 28.5 Å². The first-order valence-electron chi connectivity index (χ1n) is 7.19. The zero-order valence-electron chi connectivity index (χ0n) is 13.0. The van der Waals surface area contributed by atoms with Gasteiger partial charge in [0.05, 0.1) is 16.5 Å². The van der Waals surface area contributed by atoms with Crippen LogP contribution in [0.5, 0.6) is 5.75 Å². The largest absolute Gasteiger partial charge is 0.494 e. The van der Waals surface area contributed by atoms with Gasteiger partial charge in [0.1, 0.15) is 5.75 Å². The smallest absolute Gasteiger partial charge is 0.257 e. The lowest BCUT2D eigenvalue weighted by Crippen LogP contribution is -2.11. The van der Waals surface area contributed by atoms with Crippen molar-refractivity contribution in [3.8, 4) is 5.75 Å². The van der Waals surface area contributed by atoms with Crippen LogP contribution in [-0.4, -0.2) is 23.8 Å². The van der Waals surface area contributed by atoms with E-state index in [1.165, 1.54) is 11.3 Å². The first-order valence-corrected chi connectivity index (χ1v) is 9.23. The highest BCUT2D eigenvalue weighted by Gasteiger charge is 2.11. The third-order valence-corrected chi connectivity index (χ3v) is 5.33. The minimum atomic E-state index is -0.151. The molecule has 0 atom stereocenters. The molecule has 0 aliphatic carbocycles. The lowest BCUT2D eigenvalue weighted by molar-refractivity contribution is 0.102. The second-order valence-corrected chi connectivity index (χ2v) is 6.85. The van der Waals surface area contributed by atoms with E-state index in [4.69, 9.17) is 4.74 Å². The van der Waals surface area contributed by atoms with Crippen molar-refractivity contribution >= 4 is 34.1 Å². The molecule has 0 saturated carbocycles. The lowest BCUT2D eigenvalue weighted by Gasteiger charge is -2.06. The summed E-state index contributed by atoms with van der Waals surface area (Å²) in [7, 11) is 0. The number of ether oxygens (including phenoxy) is 1. The van der Waals surface area contributed by atoms with E-state index in [-0.39, 0.29) is 5.91 Å². The third-order valence-electron chi connectivity index (χ3n) is 3.04. The van der Waals surface area contributed by atoms with Gasteiger partial charge >= 0.3 is 0 Å². The first-order chi connectivity index (χ1) is 10.6. The van der Waals surface area contributed by atoms with E-state index in [0.29, 0.717) is 17.3 Å². The van der Waals surface area contributed by atoms with Gasteiger partial charge in [0.2, 0.25) is 0 Å². The average molecular weight is 336 g/mol. The molecule has 0 bridgehead atoms. The highest BCUT2D eigenvalue weighted by molar-refractivity contribution is 8.00. The number of amides is 1. The molecule has 2 rings (SSSR count). The molecule has 0 saturated heterocycles. The minimum Gasteiger partial charge on any atom is -0.494 e. The third kappa shape index (κ3) is 4.48. The van der Waals surface area contributed by atoms with E-state index in [1.54, 1.807) is 23.9 Å². The molecule has 0 radical (unpaired) electrons. The number of benzene rings is 1. The van der Waals surface area contributed by atoms with E-state index in [2.05, 4.69) is 17.2 Å². The van der Waals surface area contributed by atoms with Crippen molar-refractivity contribution < 1.29 is 9.53 Å². The maximum atomic E-state index is 12.2. The Hall–Kier alpha value is -1.53. The molecular weight excluding hydrogens is 316 g/mol. The van der Waals surface area contributed by atoms with Crippen LogP contribution in [0.15, 0.2) is 28.5 Å². The molecule has 4 nitrogen and oxygen atoms in total. The van der Waals surface area contributed by atoms with Crippen LogP contribution in [0.3, 0.4) is 0 Å². The lowest BCUT2D eigenvalue weighted by atomic mass is 10.2. The average Bonchev–Trinajstić information content (AvgIpc) is 2.88. The SMILES string of the molecule is CCCCOc1ccc(C(=O)Nc2nc(C)c(SC)s2)cc1. The van der Waals surface area contributed by atoms with Gasteiger partial charge < -0.3 is 4.74 Å². The highest BCUT2D eigenvalue weighted by atomic mass is 32.2. The van der Waals surface area contributed by atoms with Gasteiger partial charge in [0.15, 0.2) is 5.13 Å². The Morgan fingerprint density at radius 1 is 1.36 bits per heavy atom. The number of carbonyl (C=O) groups is 1. The Balaban J connectivity index is 1.97. The number of aryl methyl sites for hydroxylation is 1. The zero-order valence-corrected chi connectivity index (χ0v) is 14.6. The fourth-order valence-corrected chi connectivity index (χ4v) is 3.44. The number of thiazole rings is 1. The van der Waals surface area contributed by atoms with Gasteiger partial charge in [0, 0.05) is 5.56 Å². The van der Waals surface area contributed by atoms with Crippen molar-refractivity contribution in [3.05, 3.63) is 35.5 Å². The number of nitrogens with one attached hydrogen (secondary N) is 1. The van der Waals surface area contributed by atoms with Crippen LogP contribution < -0.4 is 10.1 Å². The van der Waals surface area contributed by atoms with Gasteiger partial charge in [-0.25, -0.2) is 4.98 Å². The number of rotatable bonds is 7. The van der Waals surface area contributed by atoms with Gasteiger partial charge in [-0.1, -0.05) is 24.7 Å². The number of aromatic nitrogens is 1. The molecule has 0 aliphatic heterocycles. The van der Waals surface area contributed by atoms with Gasteiger partial charge in [-0.15, -0.1) is 11.8 Å². The van der Waals surface area contributed by atoms with E-state index >= 15 is 0 Å². The molecule has 1 aromatic carbocycles. The number of thioether (sulfide) groups is 1. The summed E-state index contributed by atoms with van der Waals surface area (Å²) in [6.07, 6.45) is 4.14. The van der Waals surface area contributed by atoms with Crippen molar-refractivity contribution in [3.63, 3.8) is 0 Å². The Morgan fingerprint density at radius 3 is 2.68 bits per heavy atom. The maximum absolute atomic E-state index is 12.2. The van der Waals surface area contributed by atoms with Crippen LogP contribution in [0.25, 0.3) is 0 Å². The summed E-state index contributed by atoms with van der Waals surface area (Å²) in [6.45, 7) is 4.78. The van der Waals surface area contributed by atoms with Crippen molar-refractivity contribution in [1.29, 1.82) is 0 Å². The molecule has 22 heavy (non-hydrogen) atoms. The van der Waals surface area contributed by atoms with Crippen LogP contribution in [-0.2, 0) is 0 Å². The molecule has 0 fully saturated rings. The molecule has 6 heteroatoms. The van der Waals surface area contributed by atoms with Crippen molar-refractivity contribution in [2.75, 3.05) is 18.2 Å². The second-order valence-electron chi connectivity index (χ2n) is 4.78. The van der Waals surface area contributed by atoms with Crippen LogP contribution in [0, 0.1) is 6.92 Å². The normalized spacial score (nSPS) is 10.5. The fraction of sp³-hybridized carbons (Fsp3) is 0.375. The summed E-state index contributed by atoms with van der Waals surface area (Å²) >= 11 is 3.13. The summed E-state index contributed by atoms with van der Waals surface area (Å²) in [5, 5.41) is 3.47. The van der Waals surface area contributed by atoms with Crippen molar-refractivity contribution in [2.24, 2.45) is 0 Å². The van der Waals surface area contributed by atoms with Crippen LogP contribution in [0.1, 0.15) is 35.8 Å². The van der Waals surface area contributed by atoms with Gasteiger partial charge in [0.25, 0.3) is 5.91 Å². The molecule has 0 unspecified atom stereocenters. The molecule has 118 valence electrons. The summed E-state index contributed by atoms with van der Waals surface area (Å²) in [5.41, 5.74) is 1.55. The topological polar surface area (TPSA) is 51.2 Å². The molecule has 2 aromatic rings. The molecule has 0 spiro atoms. The van der Waals surface area contributed by atoms with E-state index in [1.807, 2.05) is 25.3 Å². The summed E-state index contributed by atoms with van der Waals surface area (Å²) in [5.74, 6) is 0.640. The number of unbranched alkanes of at least 4 members (excludes halogenated alkanes) is 1. The molecule has 1 N–H and O–H groups in total. The number of hydrogen-bond donors (Lipinski definition) is 1. The predicted octanol–water partition coefficient (Wildman–Crippen LogP) is 4.60.